The summed E-state index contributed by atoms with van der Waals surface area (Å²) >= 11 is 1.57. The van der Waals surface area contributed by atoms with E-state index in [1.165, 1.54) is 0 Å². The van der Waals surface area contributed by atoms with Crippen LogP contribution >= 0.6 is 11.3 Å². The average Bonchev–Trinajstić information content (AvgIpc) is 2.91. The first-order chi connectivity index (χ1) is 9.38. The lowest BCUT2D eigenvalue weighted by Gasteiger charge is -2.25. The molecule has 0 saturated carbocycles. The summed E-state index contributed by atoms with van der Waals surface area (Å²) in [6.07, 6.45) is 1.76. The molecule has 106 valence electrons. The molecule has 1 atom stereocenters. The molecule has 1 heterocycles. The summed E-state index contributed by atoms with van der Waals surface area (Å²) in [5.74, 6) is -0.172. The number of rotatable bonds is 3. The monoisotopic (exact) mass is 289 g/mol. The summed E-state index contributed by atoms with van der Waals surface area (Å²) in [7, 11) is 0. The third kappa shape index (κ3) is 3.43. The number of hydrogen-bond donors (Lipinski definition) is 2. The Kier molecular flexibility index (Phi) is 4.20. The van der Waals surface area contributed by atoms with Crippen LogP contribution in [0.4, 0.5) is 5.69 Å². The lowest BCUT2D eigenvalue weighted by molar-refractivity contribution is -0.119. The van der Waals surface area contributed by atoms with Gasteiger partial charge >= 0.3 is 0 Å². The van der Waals surface area contributed by atoms with Gasteiger partial charge in [0.15, 0.2) is 0 Å². The summed E-state index contributed by atoms with van der Waals surface area (Å²) in [5, 5.41) is 5.72. The quantitative estimate of drug-likeness (QED) is 0.912. The Morgan fingerprint density at radius 2 is 2.15 bits per heavy atom. The molecule has 3 N–H and O–H groups in total. The van der Waals surface area contributed by atoms with Crippen LogP contribution in [0.15, 0.2) is 35.8 Å². The van der Waals surface area contributed by atoms with Crippen LogP contribution < -0.4 is 11.1 Å². The molecule has 0 aliphatic carbocycles. The molecule has 0 spiro atoms. The van der Waals surface area contributed by atoms with Crippen molar-refractivity contribution in [3.63, 3.8) is 0 Å². The number of nitrogens with two attached hydrogens (primary N) is 1. The van der Waals surface area contributed by atoms with Crippen LogP contribution in [0.5, 0.6) is 0 Å². The second-order valence-electron chi connectivity index (χ2n) is 5.75. The number of thiazole rings is 1. The first-order valence-electron chi connectivity index (χ1n) is 6.44. The van der Waals surface area contributed by atoms with Crippen molar-refractivity contribution >= 4 is 22.9 Å². The van der Waals surface area contributed by atoms with Crippen LogP contribution in [0.3, 0.4) is 0 Å². The first-order valence-corrected chi connectivity index (χ1v) is 7.32. The van der Waals surface area contributed by atoms with Crippen molar-refractivity contribution in [2.75, 3.05) is 5.32 Å². The lowest BCUT2D eigenvalue weighted by atomic mass is 9.87. The van der Waals surface area contributed by atoms with Gasteiger partial charge in [0.25, 0.3) is 0 Å². The van der Waals surface area contributed by atoms with Crippen molar-refractivity contribution < 1.29 is 4.79 Å². The maximum Gasteiger partial charge on any atom is 0.241 e. The van der Waals surface area contributed by atoms with E-state index in [0.717, 1.165) is 16.3 Å². The summed E-state index contributed by atoms with van der Waals surface area (Å²) in [4.78, 5) is 16.4. The van der Waals surface area contributed by atoms with Crippen molar-refractivity contribution in [3.05, 3.63) is 35.8 Å². The van der Waals surface area contributed by atoms with Crippen LogP contribution in [0, 0.1) is 5.41 Å². The highest BCUT2D eigenvalue weighted by Gasteiger charge is 2.27. The molecule has 1 amide bonds. The number of aromatic nitrogens is 1. The molecule has 0 saturated heterocycles. The second-order valence-corrected chi connectivity index (χ2v) is 6.65. The minimum absolute atomic E-state index is 0.172. The Hall–Kier alpha value is -1.72. The van der Waals surface area contributed by atoms with E-state index in [0.29, 0.717) is 0 Å². The zero-order valence-electron chi connectivity index (χ0n) is 11.9. The van der Waals surface area contributed by atoms with E-state index in [-0.39, 0.29) is 11.3 Å². The molecular formula is C15H19N3OS. The average molecular weight is 289 g/mol. The predicted octanol–water partition coefficient (Wildman–Crippen LogP) is 3.12. The molecule has 0 aliphatic rings. The smallest absolute Gasteiger partial charge is 0.241 e. The van der Waals surface area contributed by atoms with Crippen molar-refractivity contribution in [2.45, 2.75) is 26.8 Å². The van der Waals surface area contributed by atoms with Gasteiger partial charge < -0.3 is 11.1 Å². The van der Waals surface area contributed by atoms with Crippen LogP contribution in [0.2, 0.25) is 0 Å². The molecular weight excluding hydrogens is 270 g/mol. The van der Waals surface area contributed by atoms with Crippen molar-refractivity contribution in [1.82, 2.24) is 4.98 Å². The summed E-state index contributed by atoms with van der Waals surface area (Å²) in [6, 6.07) is 7.08. The Morgan fingerprint density at radius 3 is 2.75 bits per heavy atom. The van der Waals surface area contributed by atoms with E-state index in [4.69, 9.17) is 5.73 Å². The molecule has 2 rings (SSSR count). The van der Waals surface area contributed by atoms with Crippen LogP contribution in [0.25, 0.3) is 10.6 Å². The van der Waals surface area contributed by atoms with Crippen LogP contribution in [-0.2, 0) is 4.79 Å². The van der Waals surface area contributed by atoms with Gasteiger partial charge in [0.2, 0.25) is 5.91 Å². The van der Waals surface area contributed by atoms with Gasteiger partial charge in [-0.25, -0.2) is 4.98 Å². The van der Waals surface area contributed by atoms with Crippen molar-refractivity contribution in [1.29, 1.82) is 0 Å². The molecule has 0 radical (unpaired) electrons. The first kappa shape index (κ1) is 14.7. The minimum Gasteiger partial charge on any atom is -0.325 e. The minimum atomic E-state index is -0.550. The maximum absolute atomic E-state index is 12.1. The van der Waals surface area contributed by atoms with Crippen LogP contribution in [-0.4, -0.2) is 16.9 Å². The third-order valence-electron chi connectivity index (χ3n) is 3.02. The normalized spacial score (nSPS) is 13.0. The summed E-state index contributed by atoms with van der Waals surface area (Å²) in [5.41, 5.74) is 7.41. The van der Waals surface area contributed by atoms with E-state index in [1.807, 2.05) is 50.4 Å². The summed E-state index contributed by atoms with van der Waals surface area (Å²) in [6.45, 7) is 5.84. The van der Waals surface area contributed by atoms with Gasteiger partial charge in [0.05, 0.1) is 6.04 Å². The van der Waals surface area contributed by atoms with Gasteiger partial charge in [-0.2, -0.15) is 0 Å². The second kappa shape index (κ2) is 5.73. The van der Waals surface area contributed by atoms with Gasteiger partial charge in [-0.1, -0.05) is 32.9 Å². The largest absolute Gasteiger partial charge is 0.325 e. The highest BCUT2D eigenvalue weighted by Crippen LogP contribution is 2.25. The molecule has 1 unspecified atom stereocenters. The fourth-order valence-electron chi connectivity index (χ4n) is 1.71. The Labute approximate surface area is 123 Å². The zero-order valence-corrected chi connectivity index (χ0v) is 12.7. The number of hydrogen-bond acceptors (Lipinski definition) is 4. The fourth-order valence-corrected chi connectivity index (χ4v) is 2.34. The van der Waals surface area contributed by atoms with Gasteiger partial charge in [-0.05, 0) is 17.5 Å². The van der Waals surface area contributed by atoms with Gasteiger partial charge in [0.1, 0.15) is 5.01 Å². The lowest BCUT2D eigenvalue weighted by Crippen LogP contribution is -2.45. The number of nitrogens with zero attached hydrogens (tertiary/aromatic N) is 1. The Bertz CT molecular complexity index is 587. The number of anilines is 1. The topological polar surface area (TPSA) is 68.0 Å². The summed E-state index contributed by atoms with van der Waals surface area (Å²) < 4.78 is 0. The third-order valence-corrected chi connectivity index (χ3v) is 3.85. The zero-order chi connectivity index (χ0) is 14.8. The molecule has 0 aliphatic heterocycles. The van der Waals surface area contributed by atoms with Crippen molar-refractivity contribution in [2.24, 2.45) is 11.1 Å². The van der Waals surface area contributed by atoms with Gasteiger partial charge in [0, 0.05) is 22.8 Å². The number of amides is 1. The molecule has 1 aromatic carbocycles. The molecule has 4 nitrogen and oxygen atoms in total. The van der Waals surface area contributed by atoms with E-state index in [9.17, 15) is 4.79 Å². The number of carbonyl (C=O) groups excluding carboxylic acids is 1. The fraction of sp³-hybridized carbons (Fsp3) is 0.333. The molecule has 0 fully saturated rings. The molecule has 5 heteroatoms. The molecule has 0 bridgehead atoms. The van der Waals surface area contributed by atoms with Crippen molar-refractivity contribution in [3.8, 4) is 10.6 Å². The van der Waals surface area contributed by atoms with E-state index >= 15 is 0 Å². The van der Waals surface area contributed by atoms with Gasteiger partial charge in [-0.3, -0.25) is 4.79 Å². The molecule has 1 aromatic heterocycles. The Morgan fingerprint density at radius 1 is 1.40 bits per heavy atom. The highest BCUT2D eigenvalue weighted by molar-refractivity contribution is 7.13. The van der Waals surface area contributed by atoms with Crippen LogP contribution in [0.1, 0.15) is 20.8 Å². The van der Waals surface area contributed by atoms with E-state index < -0.39 is 6.04 Å². The molecule has 2 aromatic rings. The van der Waals surface area contributed by atoms with Gasteiger partial charge in [-0.15, -0.1) is 11.3 Å². The standard InChI is InChI=1S/C15H19N3OS/c1-15(2,3)12(16)13(19)18-11-6-4-5-10(9-11)14-17-7-8-20-14/h4-9,12H,16H2,1-3H3,(H,18,19). The number of nitrogens with one attached hydrogen (secondary N) is 1. The Balaban J connectivity index is 2.15. The number of benzene rings is 1. The predicted molar refractivity (Wildman–Crippen MR) is 83.6 cm³/mol. The SMILES string of the molecule is CC(C)(C)C(N)C(=O)Nc1cccc(-c2nccs2)c1. The molecule has 20 heavy (non-hydrogen) atoms. The highest BCUT2D eigenvalue weighted by atomic mass is 32.1. The maximum atomic E-state index is 12.1. The van der Waals surface area contributed by atoms with E-state index in [2.05, 4.69) is 10.3 Å². The number of carbonyl (C=O) groups is 1. The van der Waals surface area contributed by atoms with E-state index in [1.54, 1.807) is 17.5 Å².